The van der Waals surface area contributed by atoms with E-state index in [1.807, 2.05) is 18.4 Å². The Morgan fingerprint density at radius 2 is 2.35 bits per heavy atom. The highest BCUT2D eigenvalue weighted by atomic mass is 32.1. The Balaban J connectivity index is 1.79. The summed E-state index contributed by atoms with van der Waals surface area (Å²) in [6.45, 7) is 4.16. The zero-order chi connectivity index (χ0) is 14.1. The van der Waals surface area contributed by atoms with Crippen LogP contribution in [0.4, 0.5) is 0 Å². The second kappa shape index (κ2) is 5.46. The maximum absolute atomic E-state index is 11.9. The van der Waals surface area contributed by atoms with Crippen molar-refractivity contribution in [3.8, 4) is 0 Å². The third-order valence-electron chi connectivity index (χ3n) is 3.84. The zero-order valence-electron chi connectivity index (χ0n) is 11.4. The number of thiophene rings is 1. The minimum absolute atomic E-state index is 0.0693. The van der Waals surface area contributed by atoms with Gasteiger partial charge in [0.1, 0.15) is 16.3 Å². The fraction of sp³-hybridized carbons (Fsp3) is 0.500. The number of piperidine rings is 1. The van der Waals surface area contributed by atoms with E-state index in [0.717, 1.165) is 25.0 Å². The standard InChI is InChI=1S/C14H17N3O2S/c1-2-9-7-17(5-3-11(9)18)8-12-15-10-4-6-20-13(10)14(19)16-12/h4,6,9H,2-3,5,7-8H2,1H3,(H,15,16,19). The van der Waals surface area contributed by atoms with Gasteiger partial charge in [0.25, 0.3) is 5.56 Å². The van der Waals surface area contributed by atoms with Crippen molar-refractivity contribution in [1.29, 1.82) is 0 Å². The minimum atomic E-state index is -0.0693. The average Bonchev–Trinajstić information content (AvgIpc) is 2.90. The monoisotopic (exact) mass is 291 g/mol. The Morgan fingerprint density at radius 3 is 3.15 bits per heavy atom. The summed E-state index contributed by atoms with van der Waals surface area (Å²) in [5.41, 5.74) is 0.689. The van der Waals surface area contributed by atoms with E-state index in [1.165, 1.54) is 11.3 Å². The third-order valence-corrected chi connectivity index (χ3v) is 4.74. The Hall–Kier alpha value is -1.53. The van der Waals surface area contributed by atoms with Gasteiger partial charge in [-0.15, -0.1) is 11.3 Å². The summed E-state index contributed by atoms with van der Waals surface area (Å²) >= 11 is 1.41. The first-order valence-corrected chi connectivity index (χ1v) is 7.77. The lowest BCUT2D eigenvalue weighted by atomic mass is 9.94. The Bertz CT molecular complexity index is 691. The van der Waals surface area contributed by atoms with Crippen LogP contribution in [0.15, 0.2) is 16.2 Å². The summed E-state index contributed by atoms with van der Waals surface area (Å²) in [4.78, 5) is 33.2. The van der Waals surface area contributed by atoms with Crippen LogP contribution in [0, 0.1) is 5.92 Å². The number of H-pyrrole nitrogens is 1. The van der Waals surface area contributed by atoms with Crippen LogP contribution < -0.4 is 5.56 Å². The number of rotatable bonds is 3. The number of fused-ring (bicyclic) bond motifs is 1. The van der Waals surface area contributed by atoms with Crippen molar-refractivity contribution < 1.29 is 4.79 Å². The van der Waals surface area contributed by atoms with E-state index in [4.69, 9.17) is 0 Å². The van der Waals surface area contributed by atoms with Crippen molar-refractivity contribution in [1.82, 2.24) is 14.9 Å². The molecule has 3 heterocycles. The maximum atomic E-state index is 11.9. The molecule has 1 fully saturated rings. The predicted octanol–water partition coefficient (Wildman–Crippen LogP) is 1.79. The van der Waals surface area contributed by atoms with Gasteiger partial charge >= 0.3 is 0 Å². The molecule has 0 radical (unpaired) electrons. The van der Waals surface area contributed by atoms with Gasteiger partial charge in [0.2, 0.25) is 0 Å². The van der Waals surface area contributed by atoms with Gasteiger partial charge < -0.3 is 4.98 Å². The second-order valence-corrected chi connectivity index (χ2v) is 6.12. The molecule has 0 aromatic carbocycles. The second-order valence-electron chi connectivity index (χ2n) is 5.20. The number of aromatic nitrogens is 2. The molecule has 1 N–H and O–H groups in total. The van der Waals surface area contributed by atoms with Crippen molar-refractivity contribution in [2.24, 2.45) is 5.92 Å². The first-order chi connectivity index (χ1) is 9.67. The van der Waals surface area contributed by atoms with E-state index in [-0.39, 0.29) is 11.5 Å². The van der Waals surface area contributed by atoms with Gasteiger partial charge in [-0.1, -0.05) is 6.92 Å². The number of Topliss-reactive ketones (excluding diaryl/α,β-unsaturated/α-hetero) is 1. The summed E-state index contributed by atoms with van der Waals surface area (Å²) in [6.07, 6.45) is 1.48. The van der Waals surface area contributed by atoms with Gasteiger partial charge in [-0.3, -0.25) is 14.5 Å². The van der Waals surface area contributed by atoms with Crippen LogP contribution in [-0.2, 0) is 11.3 Å². The third kappa shape index (κ3) is 2.53. The molecule has 1 atom stereocenters. The first kappa shape index (κ1) is 13.5. The van der Waals surface area contributed by atoms with Crippen LogP contribution >= 0.6 is 11.3 Å². The number of hydrogen-bond donors (Lipinski definition) is 1. The van der Waals surface area contributed by atoms with Crippen molar-refractivity contribution in [3.63, 3.8) is 0 Å². The van der Waals surface area contributed by atoms with Crippen LogP contribution in [0.25, 0.3) is 10.2 Å². The summed E-state index contributed by atoms with van der Waals surface area (Å²) in [7, 11) is 0. The largest absolute Gasteiger partial charge is 0.308 e. The maximum Gasteiger partial charge on any atom is 0.268 e. The molecule has 20 heavy (non-hydrogen) atoms. The van der Waals surface area contributed by atoms with E-state index in [9.17, 15) is 9.59 Å². The smallest absolute Gasteiger partial charge is 0.268 e. The zero-order valence-corrected chi connectivity index (χ0v) is 12.2. The number of likely N-dealkylation sites (tertiary alicyclic amines) is 1. The number of aromatic amines is 1. The highest BCUT2D eigenvalue weighted by Gasteiger charge is 2.26. The average molecular weight is 291 g/mol. The summed E-state index contributed by atoms with van der Waals surface area (Å²) in [5.74, 6) is 1.17. The van der Waals surface area contributed by atoms with E-state index in [0.29, 0.717) is 29.3 Å². The van der Waals surface area contributed by atoms with Gasteiger partial charge in [-0.2, -0.15) is 0 Å². The fourth-order valence-corrected chi connectivity index (χ4v) is 3.41. The van der Waals surface area contributed by atoms with Gasteiger partial charge in [-0.05, 0) is 17.9 Å². The van der Waals surface area contributed by atoms with Crippen LogP contribution in [0.5, 0.6) is 0 Å². The Morgan fingerprint density at radius 1 is 1.50 bits per heavy atom. The molecule has 1 saturated heterocycles. The Labute approximate surface area is 120 Å². The number of carbonyl (C=O) groups excluding carboxylic acids is 1. The molecule has 0 saturated carbocycles. The van der Waals surface area contributed by atoms with Crippen LogP contribution in [0.2, 0.25) is 0 Å². The highest BCUT2D eigenvalue weighted by molar-refractivity contribution is 7.17. The van der Waals surface area contributed by atoms with E-state index < -0.39 is 0 Å². The molecule has 0 aliphatic carbocycles. The molecule has 1 aliphatic rings. The number of carbonyl (C=O) groups is 1. The topological polar surface area (TPSA) is 66.1 Å². The molecule has 2 aromatic rings. The number of hydrogen-bond acceptors (Lipinski definition) is 5. The molecule has 1 unspecified atom stereocenters. The van der Waals surface area contributed by atoms with Crippen molar-refractivity contribution in [3.05, 3.63) is 27.6 Å². The van der Waals surface area contributed by atoms with E-state index >= 15 is 0 Å². The number of nitrogens with zero attached hydrogens (tertiary/aromatic N) is 2. The van der Waals surface area contributed by atoms with Gasteiger partial charge in [0.15, 0.2) is 0 Å². The number of ketones is 1. The van der Waals surface area contributed by atoms with Gasteiger partial charge in [0, 0.05) is 25.4 Å². The molecule has 0 bridgehead atoms. The molecule has 1 aliphatic heterocycles. The predicted molar refractivity (Wildman–Crippen MR) is 78.9 cm³/mol. The Kier molecular flexibility index (Phi) is 3.67. The highest BCUT2D eigenvalue weighted by Crippen LogP contribution is 2.18. The van der Waals surface area contributed by atoms with Crippen molar-refractivity contribution in [2.45, 2.75) is 26.3 Å². The lowest BCUT2D eigenvalue weighted by Gasteiger charge is -2.30. The normalized spacial score (nSPS) is 20.6. The molecule has 2 aromatic heterocycles. The minimum Gasteiger partial charge on any atom is -0.308 e. The van der Waals surface area contributed by atoms with Crippen LogP contribution in [-0.4, -0.2) is 33.7 Å². The van der Waals surface area contributed by atoms with Crippen molar-refractivity contribution in [2.75, 3.05) is 13.1 Å². The van der Waals surface area contributed by atoms with E-state index in [1.54, 1.807) is 0 Å². The molecule has 106 valence electrons. The molecule has 3 rings (SSSR count). The van der Waals surface area contributed by atoms with Crippen molar-refractivity contribution >= 4 is 27.3 Å². The van der Waals surface area contributed by atoms with Crippen LogP contribution in [0.1, 0.15) is 25.6 Å². The molecule has 5 nitrogen and oxygen atoms in total. The molecular weight excluding hydrogens is 274 g/mol. The summed E-state index contributed by atoms with van der Waals surface area (Å²) < 4.78 is 0.675. The van der Waals surface area contributed by atoms with Crippen LogP contribution in [0.3, 0.4) is 0 Å². The SMILES string of the molecule is CCC1CN(Cc2nc3ccsc3c(=O)[nH]2)CCC1=O. The molecule has 0 amide bonds. The van der Waals surface area contributed by atoms with E-state index in [2.05, 4.69) is 14.9 Å². The molecule has 6 heteroatoms. The molecular formula is C14H17N3O2S. The first-order valence-electron chi connectivity index (χ1n) is 6.89. The quantitative estimate of drug-likeness (QED) is 0.936. The summed E-state index contributed by atoms with van der Waals surface area (Å²) in [5, 5.41) is 1.88. The lowest BCUT2D eigenvalue weighted by molar-refractivity contribution is -0.126. The fourth-order valence-electron chi connectivity index (χ4n) is 2.69. The molecule has 0 spiro atoms. The lowest BCUT2D eigenvalue weighted by Crippen LogP contribution is -2.40. The van der Waals surface area contributed by atoms with Gasteiger partial charge in [0.05, 0.1) is 12.1 Å². The number of nitrogens with one attached hydrogen (secondary N) is 1. The van der Waals surface area contributed by atoms with Gasteiger partial charge in [-0.25, -0.2) is 4.98 Å². The summed E-state index contributed by atoms with van der Waals surface area (Å²) in [6, 6.07) is 1.87.